The van der Waals surface area contributed by atoms with Crippen molar-refractivity contribution >= 4 is 10.8 Å². The summed E-state index contributed by atoms with van der Waals surface area (Å²) in [5.41, 5.74) is 1.22. The Morgan fingerprint density at radius 2 is 2.12 bits per heavy atom. The van der Waals surface area contributed by atoms with Crippen LogP contribution in [0.4, 0.5) is 0 Å². The molecular weight excluding hydrogens is 198 g/mol. The van der Waals surface area contributed by atoms with Gasteiger partial charge in [0.2, 0.25) is 6.54 Å². The minimum atomic E-state index is 0.538. The first-order valence-corrected chi connectivity index (χ1v) is 5.24. The van der Waals surface area contributed by atoms with E-state index in [4.69, 9.17) is 11.3 Å². The van der Waals surface area contributed by atoms with Crippen LogP contribution in [0.5, 0.6) is 5.75 Å². The third kappa shape index (κ3) is 1.99. The molecule has 0 aromatic heterocycles. The van der Waals surface area contributed by atoms with E-state index in [0.29, 0.717) is 6.54 Å². The summed E-state index contributed by atoms with van der Waals surface area (Å²) in [4.78, 5) is 3.40. The van der Waals surface area contributed by atoms with Crippen molar-refractivity contribution in [2.75, 3.05) is 13.7 Å². The molecule has 0 bridgehead atoms. The van der Waals surface area contributed by atoms with Gasteiger partial charge in [-0.15, -0.1) is 0 Å². The standard InChI is InChI=1S/C14H13NO/c1-15-9-8-12-5-3-4-11-6-7-13(16-2)10-14(11)12/h3-7,10H,8-9H2,2H3. The second kappa shape index (κ2) is 4.67. The van der Waals surface area contributed by atoms with Crippen molar-refractivity contribution in [2.24, 2.45) is 0 Å². The van der Waals surface area contributed by atoms with Crippen LogP contribution in [-0.4, -0.2) is 13.7 Å². The van der Waals surface area contributed by atoms with Crippen LogP contribution >= 0.6 is 0 Å². The van der Waals surface area contributed by atoms with Gasteiger partial charge in [-0.05, 0) is 28.5 Å². The lowest BCUT2D eigenvalue weighted by molar-refractivity contribution is 0.415. The van der Waals surface area contributed by atoms with Crippen molar-refractivity contribution in [3.63, 3.8) is 0 Å². The zero-order valence-electron chi connectivity index (χ0n) is 9.23. The quantitative estimate of drug-likeness (QED) is 0.710. The topological polar surface area (TPSA) is 13.6 Å². The summed E-state index contributed by atoms with van der Waals surface area (Å²) in [6, 6.07) is 12.2. The van der Waals surface area contributed by atoms with Crippen molar-refractivity contribution in [3.8, 4) is 5.75 Å². The van der Waals surface area contributed by atoms with Gasteiger partial charge < -0.3 is 9.58 Å². The Kier molecular flexibility index (Phi) is 3.07. The molecule has 0 aliphatic carbocycles. The number of benzene rings is 2. The Bertz CT molecular complexity index is 540. The Labute approximate surface area is 95.3 Å². The van der Waals surface area contributed by atoms with Gasteiger partial charge in [0.25, 0.3) is 0 Å². The lowest BCUT2D eigenvalue weighted by atomic mass is 10.0. The summed E-state index contributed by atoms with van der Waals surface area (Å²) in [6.07, 6.45) is 0.800. The SMILES string of the molecule is [C-]#[N+]CCc1cccc2ccc(OC)cc12. The van der Waals surface area contributed by atoms with Crippen LogP contribution in [0.2, 0.25) is 0 Å². The molecule has 0 saturated carbocycles. The van der Waals surface area contributed by atoms with E-state index in [0.717, 1.165) is 12.2 Å². The van der Waals surface area contributed by atoms with Crippen molar-refractivity contribution in [1.82, 2.24) is 0 Å². The van der Waals surface area contributed by atoms with Gasteiger partial charge in [-0.1, -0.05) is 24.3 Å². The first-order valence-electron chi connectivity index (χ1n) is 5.24. The molecule has 0 atom stereocenters. The molecule has 0 amide bonds. The van der Waals surface area contributed by atoms with E-state index in [2.05, 4.69) is 23.0 Å². The molecule has 0 aliphatic rings. The predicted molar refractivity (Wildman–Crippen MR) is 65.7 cm³/mol. The van der Waals surface area contributed by atoms with Crippen molar-refractivity contribution < 1.29 is 4.74 Å². The average molecular weight is 211 g/mol. The first-order chi connectivity index (χ1) is 7.85. The molecule has 0 unspecified atom stereocenters. The highest BCUT2D eigenvalue weighted by Gasteiger charge is 2.03. The summed E-state index contributed by atoms with van der Waals surface area (Å²) < 4.78 is 5.22. The molecule has 2 heteroatoms. The van der Waals surface area contributed by atoms with E-state index in [9.17, 15) is 0 Å². The Hall–Kier alpha value is -2.01. The second-order valence-electron chi connectivity index (χ2n) is 3.64. The van der Waals surface area contributed by atoms with E-state index >= 15 is 0 Å². The zero-order valence-corrected chi connectivity index (χ0v) is 9.23. The molecule has 2 nitrogen and oxygen atoms in total. The zero-order chi connectivity index (χ0) is 11.4. The van der Waals surface area contributed by atoms with Crippen LogP contribution in [0.25, 0.3) is 15.6 Å². The van der Waals surface area contributed by atoms with Gasteiger partial charge >= 0.3 is 0 Å². The molecule has 2 rings (SSSR count). The molecule has 0 spiro atoms. The summed E-state index contributed by atoms with van der Waals surface area (Å²) in [5, 5.41) is 2.38. The molecule has 2 aromatic rings. The second-order valence-corrected chi connectivity index (χ2v) is 3.64. The Balaban J connectivity index is 2.51. The highest BCUT2D eigenvalue weighted by atomic mass is 16.5. The van der Waals surface area contributed by atoms with Crippen molar-refractivity contribution in [1.29, 1.82) is 0 Å². The fraction of sp³-hybridized carbons (Fsp3) is 0.214. The fourth-order valence-electron chi connectivity index (χ4n) is 1.84. The Morgan fingerprint density at radius 3 is 2.88 bits per heavy atom. The van der Waals surface area contributed by atoms with Gasteiger partial charge in [0.1, 0.15) is 5.75 Å². The molecule has 0 heterocycles. The maximum absolute atomic E-state index is 6.84. The van der Waals surface area contributed by atoms with Gasteiger partial charge in [-0.2, -0.15) is 0 Å². The molecule has 0 N–H and O–H groups in total. The van der Waals surface area contributed by atoms with Gasteiger partial charge in [0, 0.05) is 6.42 Å². The predicted octanol–water partition coefficient (Wildman–Crippen LogP) is 3.31. The molecule has 80 valence electrons. The highest BCUT2D eigenvalue weighted by Crippen LogP contribution is 2.24. The van der Waals surface area contributed by atoms with E-state index < -0.39 is 0 Å². The minimum absolute atomic E-state index is 0.538. The number of rotatable bonds is 3. The summed E-state index contributed by atoms with van der Waals surface area (Å²) in [5.74, 6) is 0.864. The number of hydrogen-bond donors (Lipinski definition) is 0. The third-order valence-electron chi connectivity index (χ3n) is 2.67. The molecule has 0 radical (unpaired) electrons. The van der Waals surface area contributed by atoms with Crippen LogP contribution in [0.3, 0.4) is 0 Å². The van der Waals surface area contributed by atoms with E-state index in [1.165, 1.54) is 16.3 Å². The molecular formula is C14H13NO. The third-order valence-corrected chi connectivity index (χ3v) is 2.67. The molecule has 0 saturated heterocycles. The highest BCUT2D eigenvalue weighted by molar-refractivity contribution is 5.87. The number of methoxy groups -OCH3 is 1. The average Bonchev–Trinajstić information content (AvgIpc) is 2.35. The van der Waals surface area contributed by atoms with Gasteiger partial charge in [0.15, 0.2) is 0 Å². The van der Waals surface area contributed by atoms with Gasteiger partial charge in [-0.3, -0.25) is 0 Å². The monoisotopic (exact) mass is 211 g/mol. The van der Waals surface area contributed by atoms with Crippen LogP contribution in [0, 0.1) is 6.57 Å². The van der Waals surface area contributed by atoms with Crippen LogP contribution < -0.4 is 4.74 Å². The smallest absolute Gasteiger partial charge is 0.218 e. The van der Waals surface area contributed by atoms with E-state index in [-0.39, 0.29) is 0 Å². The maximum Gasteiger partial charge on any atom is 0.218 e. The lowest BCUT2D eigenvalue weighted by Gasteiger charge is -2.06. The Morgan fingerprint density at radius 1 is 1.25 bits per heavy atom. The van der Waals surface area contributed by atoms with Gasteiger partial charge in [0.05, 0.1) is 7.11 Å². The van der Waals surface area contributed by atoms with Gasteiger partial charge in [-0.25, -0.2) is 6.57 Å². The van der Waals surface area contributed by atoms with Crippen molar-refractivity contribution in [3.05, 3.63) is 53.4 Å². The minimum Gasteiger partial charge on any atom is -0.497 e. The number of hydrogen-bond acceptors (Lipinski definition) is 1. The van der Waals surface area contributed by atoms with E-state index in [1.807, 2.05) is 18.2 Å². The molecule has 2 aromatic carbocycles. The van der Waals surface area contributed by atoms with E-state index in [1.54, 1.807) is 7.11 Å². The largest absolute Gasteiger partial charge is 0.497 e. The molecule has 0 fully saturated rings. The molecule has 16 heavy (non-hydrogen) atoms. The summed E-state index contributed by atoms with van der Waals surface area (Å²) >= 11 is 0. The van der Waals surface area contributed by atoms with Crippen LogP contribution in [0.15, 0.2) is 36.4 Å². The first kappa shape index (κ1) is 10.5. The molecule has 0 aliphatic heterocycles. The van der Waals surface area contributed by atoms with Crippen molar-refractivity contribution in [2.45, 2.75) is 6.42 Å². The lowest BCUT2D eigenvalue weighted by Crippen LogP contribution is -1.90. The number of fused-ring (bicyclic) bond motifs is 1. The van der Waals surface area contributed by atoms with Crippen LogP contribution in [0.1, 0.15) is 5.56 Å². The summed E-state index contributed by atoms with van der Waals surface area (Å²) in [6.45, 7) is 7.38. The number of nitrogens with zero attached hydrogens (tertiary/aromatic N) is 1. The normalized spacial score (nSPS) is 10.0. The summed E-state index contributed by atoms with van der Waals surface area (Å²) in [7, 11) is 1.67. The maximum atomic E-state index is 6.84. The number of ether oxygens (including phenoxy) is 1. The van der Waals surface area contributed by atoms with Crippen LogP contribution in [-0.2, 0) is 6.42 Å². The fourth-order valence-corrected chi connectivity index (χ4v) is 1.84.